The van der Waals surface area contributed by atoms with Crippen LogP contribution in [0.15, 0.2) is 23.3 Å². The molecule has 0 unspecified atom stereocenters. The quantitative estimate of drug-likeness (QED) is 0.534. The summed E-state index contributed by atoms with van der Waals surface area (Å²) in [5, 5.41) is 9.58. The van der Waals surface area contributed by atoms with Gasteiger partial charge in [0.2, 0.25) is 0 Å². The summed E-state index contributed by atoms with van der Waals surface area (Å²) in [6.07, 6.45) is 4.69. The summed E-state index contributed by atoms with van der Waals surface area (Å²) >= 11 is 0. The molecule has 0 aliphatic carbocycles. The minimum atomic E-state index is -0.828. The van der Waals surface area contributed by atoms with E-state index in [2.05, 4.69) is 6.92 Å². The first-order valence-electron chi connectivity index (χ1n) is 4.78. The molecule has 3 nitrogen and oxygen atoms in total. The van der Waals surface area contributed by atoms with Crippen LogP contribution < -0.4 is 0 Å². The van der Waals surface area contributed by atoms with Crippen LogP contribution >= 0.6 is 0 Å². The van der Waals surface area contributed by atoms with Crippen molar-refractivity contribution in [3.63, 3.8) is 0 Å². The van der Waals surface area contributed by atoms with Crippen molar-refractivity contribution in [1.29, 1.82) is 0 Å². The highest BCUT2D eigenvalue weighted by molar-refractivity contribution is 6.53. The average molecular weight is 197 g/mol. The second-order valence-electron chi connectivity index (χ2n) is 3.46. The van der Waals surface area contributed by atoms with Crippen LogP contribution in [-0.4, -0.2) is 38.2 Å². The molecule has 0 aromatic heterocycles. The van der Waals surface area contributed by atoms with E-state index in [-0.39, 0.29) is 0 Å². The molecule has 0 spiro atoms. The second-order valence-corrected chi connectivity index (χ2v) is 3.46. The Morgan fingerprint density at radius 3 is 2.43 bits per heavy atom. The molecule has 14 heavy (non-hydrogen) atoms. The van der Waals surface area contributed by atoms with Gasteiger partial charge in [-0.2, -0.15) is 0 Å². The molecular weight excluding hydrogens is 177 g/mol. The third-order valence-corrected chi connectivity index (χ3v) is 2.06. The lowest BCUT2D eigenvalue weighted by molar-refractivity contribution is 0.337. The van der Waals surface area contributed by atoms with Crippen LogP contribution in [0.25, 0.3) is 0 Å². The number of nitrogens with zero attached hydrogens (tertiary/aromatic N) is 1. The highest BCUT2D eigenvalue weighted by Gasteiger charge is 2.17. The van der Waals surface area contributed by atoms with Crippen LogP contribution in [0.2, 0.25) is 0 Å². The zero-order valence-electron chi connectivity index (χ0n) is 9.74. The highest BCUT2D eigenvalue weighted by Crippen LogP contribution is 2.12. The first-order chi connectivity index (χ1) is 6.52. The van der Waals surface area contributed by atoms with Crippen molar-refractivity contribution >= 4 is 7.12 Å². The van der Waals surface area contributed by atoms with Crippen LogP contribution in [0.1, 0.15) is 20.3 Å². The molecule has 0 amide bonds. The maximum absolute atomic E-state index is 9.58. The van der Waals surface area contributed by atoms with Crippen molar-refractivity contribution < 1.29 is 9.68 Å². The summed E-state index contributed by atoms with van der Waals surface area (Å²) < 4.78 is 4.90. The minimum Gasteiger partial charge on any atom is -0.423 e. The van der Waals surface area contributed by atoms with Crippen LogP contribution in [0, 0.1) is 0 Å². The van der Waals surface area contributed by atoms with Gasteiger partial charge in [-0.05, 0) is 31.1 Å². The molecule has 0 saturated carbocycles. The van der Waals surface area contributed by atoms with Gasteiger partial charge >= 0.3 is 7.12 Å². The Labute approximate surface area is 87.2 Å². The Hall–Kier alpha value is -0.735. The fourth-order valence-corrected chi connectivity index (χ4v) is 0.996. The van der Waals surface area contributed by atoms with Gasteiger partial charge in [-0.3, -0.25) is 0 Å². The van der Waals surface area contributed by atoms with Gasteiger partial charge in [-0.15, -0.1) is 0 Å². The topological polar surface area (TPSA) is 32.7 Å². The van der Waals surface area contributed by atoms with Gasteiger partial charge in [0.1, 0.15) is 0 Å². The van der Waals surface area contributed by atoms with Gasteiger partial charge in [0.05, 0.1) is 0 Å². The smallest absolute Gasteiger partial charge is 0.423 e. The fraction of sp³-hybridized carbons (Fsp3) is 0.600. The molecule has 0 fully saturated rings. The van der Waals surface area contributed by atoms with Crippen molar-refractivity contribution in [2.75, 3.05) is 21.2 Å². The minimum absolute atomic E-state index is 0.828. The van der Waals surface area contributed by atoms with Crippen LogP contribution in [0.4, 0.5) is 0 Å². The lowest BCUT2D eigenvalue weighted by Gasteiger charge is -2.10. The van der Waals surface area contributed by atoms with E-state index in [1.807, 2.05) is 38.2 Å². The Bertz CT molecular complexity index is 224. The number of allylic oxidation sites excluding steroid dienone is 3. The van der Waals surface area contributed by atoms with Crippen molar-refractivity contribution in [3.8, 4) is 0 Å². The molecule has 4 heteroatoms. The molecule has 0 aromatic rings. The summed E-state index contributed by atoms with van der Waals surface area (Å²) in [6.45, 7) is 4.05. The first kappa shape index (κ1) is 13.3. The predicted octanol–water partition coefficient (Wildman–Crippen LogP) is 1.45. The molecule has 1 N–H and O–H groups in total. The predicted molar refractivity (Wildman–Crippen MR) is 60.8 cm³/mol. The molecule has 0 aliphatic rings. The molecule has 0 atom stereocenters. The van der Waals surface area contributed by atoms with Crippen LogP contribution in [-0.2, 0) is 4.65 Å². The van der Waals surface area contributed by atoms with Gasteiger partial charge < -0.3 is 14.6 Å². The van der Waals surface area contributed by atoms with Crippen LogP contribution in [0.3, 0.4) is 0 Å². The number of rotatable bonds is 5. The fourth-order valence-electron chi connectivity index (χ4n) is 0.996. The monoisotopic (exact) mass is 197 g/mol. The molecular formula is C10H20BNO2. The molecule has 0 aromatic carbocycles. The third kappa shape index (κ3) is 4.49. The van der Waals surface area contributed by atoms with Gasteiger partial charge in [0, 0.05) is 21.2 Å². The van der Waals surface area contributed by atoms with Gasteiger partial charge in [0.15, 0.2) is 0 Å². The Kier molecular flexibility index (Phi) is 6.33. The summed E-state index contributed by atoms with van der Waals surface area (Å²) in [4.78, 5) is 1.92. The molecule has 0 rings (SSSR count). The van der Waals surface area contributed by atoms with Crippen molar-refractivity contribution in [3.05, 3.63) is 23.3 Å². The largest absolute Gasteiger partial charge is 0.490 e. The van der Waals surface area contributed by atoms with Crippen molar-refractivity contribution in [1.82, 2.24) is 4.90 Å². The highest BCUT2D eigenvalue weighted by atomic mass is 16.5. The van der Waals surface area contributed by atoms with E-state index in [0.29, 0.717) is 0 Å². The normalized spacial score (nSPS) is 13.0. The zero-order chi connectivity index (χ0) is 11.1. The van der Waals surface area contributed by atoms with Gasteiger partial charge in [-0.25, -0.2) is 0 Å². The molecule has 0 saturated heterocycles. The third-order valence-electron chi connectivity index (χ3n) is 2.06. The van der Waals surface area contributed by atoms with E-state index in [1.54, 1.807) is 0 Å². The van der Waals surface area contributed by atoms with E-state index in [0.717, 1.165) is 17.5 Å². The van der Waals surface area contributed by atoms with E-state index in [4.69, 9.17) is 4.65 Å². The Morgan fingerprint density at radius 1 is 1.50 bits per heavy atom. The Balaban J connectivity index is 4.74. The standard InChI is InChI=1S/C10H20BNO2/c1-6-9(2)10(11(13)14-5)7-8-12(3)4/h7-8,13H,6H2,1-5H3/b8-7-,10-9-. The maximum atomic E-state index is 9.58. The summed E-state index contributed by atoms with van der Waals surface area (Å²) in [7, 11) is 4.55. The molecule has 0 heterocycles. The van der Waals surface area contributed by atoms with E-state index in [9.17, 15) is 5.02 Å². The number of hydrogen-bond acceptors (Lipinski definition) is 3. The second kappa shape index (κ2) is 6.68. The average Bonchev–Trinajstić information content (AvgIpc) is 2.16. The van der Waals surface area contributed by atoms with E-state index >= 15 is 0 Å². The van der Waals surface area contributed by atoms with Gasteiger partial charge in [-0.1, -0.05) is 12.5 Å². The van der Waals surface area contributed by atoms with E-state index < -0.39 is 7.12 Å². The summed E-state index contributed by atoms with van der Waals surface area (Å²) in [5.74, 6) is 0. The maximum Gasteiger partial charge on any atom is 0.490 e. The molecule has 0 radical (unpaired) electrons. The van der Waals surface area contributed by atoms with E-state index in [1.165, 1.54) is 7.11 Å². The SMILES string of the molecule is CC/C(C)=C(/C=C\N(C)C)B(O)OC. The Morgan fingerprint density at radius 2 is 2.07 bits per heavy atom. The van der Waals surface area contributed by atoms with Crippen molar-refractivity contribution in [2.45, 2.75) is 20.3 Å². The summed E-state index contributed by atoms with van der Waals surface area (Å²) in [5.41, 5.74) is 1.97. The summed E-state index contributed by atoms with van der Waals surface area (Å²) in [6, 6.07) is 0. The lowest BCUT2D eigenvalue weighted by atomic mass is 9.75. The molecule has 0 aliphatic heterocycles. The molecule has 80 valence electrons. The van der Waals surface area contributed by atoms with Gasteiger partial charge in [0.25, 0.3) is 0 Å². The van der Waals surface area contributed by atoms with Crippen molar-refractivity contribution in [2.24, 2.45) is 0 Å². The number of hydrogen-bond donors (Lipinski definition) is 1. The molecule has 0 bridgehead atoms. The first-order valence-corrected chi connectivity index (χ1v) is 4.78. The lowest BCUT2D eigenvalue weighted by Crippen LogP contribution is -2.20. The van der Waals surface area contributed by atoms with Crippen LogP contribution in [0.5, 0.6) is 0 Å². The zero-order valence-corrected chi connectivity index (χ0v) is 9.74.